The Hall–Kier alpha value is -3.08. The van der Waals surface area contributed by atoms with Gasteiger partial charge in [-0.1, -0.05) is 18.2 Å². The van der Waals surface area contributed by atoms with Crippen molar-refractivity contribution in [2.24, 2.45) is 0 Å². The van der Waals surface area contributed by atoms with Crippen molar-refractivity contribution in [1.82, 2.24) is 0 Å². The smallest absolute Gasteiger partial charge is 0.291 e. The number of hydrogen-bond acceptors (Lipinski definition) is 4. The summed E-state index contributed by atoms with van der Waals surface area (Å²) in [7, 11) is 0. The number of anilines is 1. The number of hydrogen-bond donors (Lipinski definition) is 2. The van der Waals surface area contributed by atoms with Gasteiger partial charge in [-0.15, -0.1) is 0 Å². The van der Waals surface area contributed by atoms with E-state index >= 15 is 0 Å². The molecule has 0 aliphatic heterocycles. The Kier molecular flexibility index (Phi) is 3.39. The van der Waals surface area contributed by atoms with Gasteiger partial charge in [0.2, 0.25) is 0 Å². The first-order chi connectivity index (χ1) is 10.5. The third-order valence-corrected chi connectivity index (χ3v) is 3.26. The molecule has 5 nitrogen and oxygen atoms in total. The van der Waals surface area contributed by atoms with Crippen molar-refractivity contribution < 1.29 is 14.3 Å². The summed E-state index contributed by atoms with van der Waals surface area (Å²) in [5.41, 5.74) is 1.17. The van der Waals surface area contributed by atoms with E-state index in [4.69, 9.17) is 4.42 Å². The molecule has 22 heavy (non-hydrogen) atoms. The normalized spacial score (nSPS) is 10.6. The van der Waals surface area contributed by atoms with E-state index in [9.17, 15) is 14.7 Å². The highest BCUT2D eigenvalue weighted by Crippen LogP contribution is 2.24. The number of carbonyl (C=O) groups excluding carboxylic acids is 1. The summed E-state index contributed by atoms with van der Waals surface area (Å²) in [6.07, 6.45) is 0. The molecule has 3 rings (SSSR count). The Morgan fingerprint density at radius 3 is 2.68 bits per heavy atom. The molecule has 2 aromatic carbocycles. The predicted molar refractivity (Wildman–Crippen MR) is 83.3 cm³/mol. The van der Waals surface area contributed by atoms with Crippen LogP contribution in [0.5, 0.6) is 5.75 Å². The monoisotopic (exact) mass is 295 g/mol. The fourth-order valence-corrected chi connectivity index (χ4v) is 2.15. The molecule has 1 aromatic heterocycles. The lowest BCUT2D eigenvalue weighted by molar-refractivity contribution is 0.0996. The quantitative estimate of drug-likeness (QED) is 0.712. The highest BCUT2D eigenvalue weighted by atomic mass is 16.3. The molecule has 3 aromatic rings. The van der Waals surface area contributed by atoms with Crippen molar-refractivity contribution in [1.29, 1.82) is 0 Å². The topological polar surface area (TPSA) is 79.5 Å². The number of carbonyl (C=O) groups is 1. The molecule has 0 saturated heterocycles. The lowest BCUT2D eigenvalue weighted by atomic mass is 10.2. The summed E-state index contributed by atoms with van der Waals surface area (Å²) >= 11 is 0. The average Bonchev–Trinajstić information content (AvgIpc) is 2.50. The van der Waals surface area contributed by atoms with Crippen LogP contribution in [-0.2, 0) is 0 Å². The first-order valence-corrected chi connectivity index (χ1v) is 6.68. The summed E-state index contributed by atoms with van der Waals surface area (Å²) < 4.78 is 5.45. The van der Waals surface area contributed by atoms with E-state index in [2.05, 4.69) is 5.32 Å². The zero-order valence-electron chi connectivity index (χ0n) is 11.8. The number of benzene rings is 2. The van der Waals surface area contributed by atoms with Crippen LogP contribution in [0, 0.1) is 6.92 Å². The van der Waals surface area contributed by atoms with Crippen molar-refractivity contribution in [3.63, 3.8) is 0 Å². The Balaban J connectivity index is 1.97. The van der Waals surface area contributed by atoms with Crippen molar-refractivity contribution in [2.45, 2.75) is 6.92 Å². The molecule has 0 bridgehead atoms. The lowest BCUT2D eigenvalue weighted by Crippen LogP contribution is -2.15. The second-order valence-corrected chi connectivity index (χ2v) is 4.95. The van der Waals surface area contributed by atoms with E-state index in [0.29, 0.717) is 11.0 Å². The van der Waals surface area contributed by atoms with Gasteiger partial charge in [0.05, 0.1) is 11.1 Å². The molecule has 1 heterocycles. The van der Waals surface area contributed by atoms with Crippen LogP contribution in [-0.4, -0.2) is 11.0 Å². The van der Waals surface area contributed by atoms with Crippen LogP contribution in [0.4, 0.5) is 5.69 Å². The van der Waals surface area contributed by atoms with Crippen LogP contribution in [0.15, 0.2) is 57.7 Å². The number of para-hydroxylation sites is 1. The van der Waals surface area contributed by atoms with Gasteiger partial charge in [-0.05, 0) is 36.8 Å². The van der Waals surface area contributed by atoms with Gasteiger partial charge in [0.15, 0.2) is 11.2 Å². The van der Waals surface area contributed by atoms with E-state index in [1.54, 1.807) is 36.4 Å². The summed E-state index contributed by atoms with van der Waals surface area (Å²) in [6, 6.07) is 12.7. The van der Waals surface area contributed by atoms with Crippen LogP contribution in [0.1, 0.15) is 16.1 Å². The third-order valence-electron chi connectivity index (χ3n) is 3.26. The van der Waals surface area contributed by atoms with Gasteiger partial charge >= 0.3 is 0 Å². The van der Waals surface area contributed by atoms with E-state index in [1.807, 2.05) is 6.92 Å². The molecule has 0 unspecified atom stereocenters. The minimum Gasteiger partial charge on any atom is -0.506 e. The summed E-state index contributed by atoms with van der Waals surface area (Å²) in [4.78, 5) is 24.2. The van der Waals surface area contributed by atoms with Gasteiger partial charge in [-0.2, -0.15) is 0 Å². The number of amides is 1. The predicted octanol–water partition coefficient (Wildman–Crippen LogP) is 3.06. The molecule has 0 atom stereocenters. The SMILES string of the molecule is Cc1ccc(NC(=O)c2cc(=O)c3ccccc3o2)c(O)c1. The average molecular weight is 295 g/mol. The molecule has 0 aliphatic carbocycles. The maximum Gasteiger partial charge on any atom is 0.291 e. The highest BCUT2D eigenvalue weighted by Gasteiger charge is 2.14. The zero-order valence-corrected chi connectivity index (χ0v) is 11.8. The second kappa shape index (κ2) is 5.37. The molecule has 2 N–H and O–H groups in total. The summed E-state index contributed by atoms with van der Waals surface area (Å²) in [5.74, 6) is -0.748. The first-order valence-electron chi connectivity index (χ1n) is 6.68. The van der Waals surface area contributed by atoms with Crippen LogP contribution in [0.2, 0.25) is 0 Å². The molecular formula is C17H13NO4. The number of phenols is 1. The molecule has 0 fully saturated rings. The lowest BCUT2D eigenvalue weighted by Gasteiger charge is -2.07. The standard InChI is InChI=1S/C17H13NO4/c1-10-6-7-12(14(20)8-10)18-17(21)16-9-13(19)11-4-2-3-5-15(11)22-16/h2-9,20H,1H3,(H,18,21). The van der Waals surface area contributed by atoms with Gasteiger partial charge in [0.1, 0.15) is 11.3 Å². The van der Waals surface area contributed by atoms with Crippen molar-refractivity contribution in [2.75, 3.05) is 5.32 Å². The molecule has 0 saturated carbocycles. The number of fused-ring (bicyclic) bond motifs is 1. The fourth-order valence-electron chi connectivity index (χ4n) is 2.15. The minimum absolute atomic E-state index is 0.0449. The number of aromatic hydroxyl groups is 1. The zero-order chi connectivity index (χ0) is 15.7. The molecule has 0 radical (unpaired) electrons. The number of phenolic OH excluding ortho intramolecular Hbond substituents is 1. The van der Waals surface area contributed by atoms with Crippen LogP contribution in [0.3, 0.4) is 0 Å². The maximum atomic E-state index is 12.2. The van der Waals surface area contributed by atoms with Gasteiger partial charge in [-0.25, -0.2) is 0 Å². The van der Waals surface area contributed by atoms with Gasteiger partial charge in [0.25, 0.3) is 5.91 Å². The van der Waals surface area contributed by atoms with Gasteiger partial charge in [-0.3, -0.25) is 9.59 Å². The number of aryl methyl sites for hydroxylation is 1. The van der Waals surface area contributed by atoms with E-state index in [0.717, 1.165) is 11.6 Å². The Labute approximate surface area is 125 Å². The van der Waals surface area contributed by atoms with Crippen molar-refractivity contribution >= 4 is 22.6 Å². The van der Waals surface area contributed by atoms with Gasteiger partial charge < -0.3 is 14.8 Å². The maximum absolute atomic E-state index is 12.2. The first kappa shape index (κ1) is 13.9. The Morgan fingerprint density at radius 1 is 1.14 bits per heavy atom. The van der Waals surface area contributed by atoms with Crippen LogP contribution < -0.4 is 10.7 Å². The Bertz CT molecular complexity index is 927. The molecular weight excluding hydrogens is 282 g/mol. The number of nitrogens with one attached hydrogen (secondary N) is 1. The van der Waals surface area contributed by atoms with Gasteiger partial charge in [0, 0.05) is 6.07 Å². The second-order valence-electron chi connectivity index (χ2n) is 4.95. The molecule has 1 amide bonds. The van der Waals surface area contributed by atoms with E-state index < -0.39 is 5.91 Å². The van der Waals surface area contributed by atoms with Crippen molar-refractivity contribution in [3.05, 3.63) is 70.1 Å². The molecule has 110 valence electrons. The van der Waals surface area contributed by atoms with Crippen LogP contribution in [0.25, 0.3) is 11.0 Å². The Morgan fingerprint density at radius 2 is 1.91 bits per heavy atom. The molecule has 5 heteroatoms. The van der Waals surface area contributed by atoms with Crippen LogP contribution >= 0.6 is 0 Å². The molecule has 0 spiro atoms. The summed E-state index contributed by atoms with van der Waals surface area (Å²) in [6.45, 7) is 1.83. The van der Waals surface area contributed by atoms with E-state index in [-0.39, 0.29) is 22.6 Å². The van der Waals surface area contributed by atoms with E-state index in [1.165, 1.54) is 6.07 Å². The molecule has 0 aliphatic rings. The minimum atomic E-state index is -0.595. The largest absolute Gasteiger partial charge is 0.506 e. The third kappa shape index (κ3) is 2.56. The summed E-state index contributed by atoms with van der Waals surface area (Å²) in [5, 5.41) is 12.7. The fraction of sp³-hybridized carbons (Fsp3) is 0.0588. The van der Waals surface area contributed by atoms with Crippen molar-refractivity contribution in [3.8, 4) is 5.75 Å². The highest BCUT2D eigenvalue weighted by molar-refractivity contribution is 6.03. The number of rotatable bonds is 2.